The number of benzene rings is 4. The van der Waals surface area contributed by atoms with E-state index in [4.69, 9.17) is 9.47 Å². The number of hydrogen-bond acceptors (Lipinski definition) is 7. The normalized spacial score (nSPS) is 14.3. The number of nitrogens with zero attached hydrogens (tertiary/aromatic N) is 2. The number of ether oxygens (including phenoxy) is 2. The molecule has 0 N–H and O–H groups in total. The van der Waals surface area contributed by atoms with Crippen LogP contribution in [0.5, 0.6) is 5.75 Å². The predicted molar refractivity (Wildman–Crippen MR) is 159 cm³/mol. The van der Waals surface area contributed by atoms with Gasteiger partial charge in [-0.05, 0) is 96.3 Å². The van der Waals surface area contributed by atoms with Crippen LogP contribution in [0, 0.1) is 15.9 Å². The van der Waals surface area contributed by atoms with Gasteiger partial charge in [0.1, 0.15) is 18.2 Å². The first-order valence-corrected chi connectivity index (χ1v) is 14.0. The van der Waals surface area contributed by atoms with Crippen LogP contribution in [0.25, 0.3) is 6.08 Å². The van der Waals surface area contributed by atoms with Crippen molar-refractivity contribution >= 4 is 23.4 Å². The average molecular weight is 621 g/mol. The third kappa shape index (κ3) is 8.13. The Hall–Kier alpha value is -3.54. The van der Waals surface area contributed by atoms with Gasteiger partial charge in [-0.25, -0.2) is 9.18 Å². The van der Waals surface area contributed by atoms with Gasteiger partial charge < -0.3 is 19.5 Å². The van der Waals surface area contributed by atoms with Crippen molar-refractivity contribution in [3.05, 3.63) is 141 Å². The van der Waals surface area contributed by atoms with Gasteiger partial charge in [-0.1, -0.05) is 42.5 Å². The Morgan fingerprint density at radius 3 is 2.48 bits per heavy atom. The van der Waals surface area contributed by atoms with Crippen LogP contribution in [-0.2, 0) is 29.0 Å². The molecule has 44 heavy (non-hydrogen) atoms. The third-order valence-corrected chi connectivity index (χ3v) is 7.36. The van der Waals surface area contributed by atoms with Gasteiger partial charge in [0, 0.05) is 18.3 Å². The molecule has 0 amide bonds. The molecule has 0 saturated heterocycles. The Morgan fingerprint density at radius 1 is 1.02 bits per heavy atom. The van der Waals surface area contributed by atoms with E-state index in [-0.39, 0.29) is 81.1 Å². The Bertz CT molecular complexity index is 1650. The fourth-order valence-corrected chi connectivity index (χ4v) is 5.30. The molecule has 1 aliphatic heterocycles. The number of nitro groups is 1. The van der Waals surface area contributed by atoms with Crippen LogP contribution in [0.2, 0.25) is 0 Å². The molecule has 4 aromatic carbocycles. The molecule has 220 valence electrons. The van der Waals surface area contributed by atoms with E-state index in [1.165, 1.54) is 24.3 Å². The standard InChI is InChI=1S/C34H31FN2O6.K/c1-2-42-34(39)33(38)21-26-9-8-24(18-31(26)37(40)41)19-32-30-15-14-29(43-22-23-6-4-3-5-7-23)20-25(30)16-17-36(32)28-12-10-27(35)11-13-28;/h3-15,18,20-21,32,38H,2,16-17,19,22H2,1H3;/q;+1/p-1. The number of fused-ring (bicyclic) bond motifs is 1. The summed E-state index contributed by atoms with van der Waals surface area (Å²) in [4.78, 5) is 25.3. The summed E-state index contributed by atoms with van der Waals surface area (Å²) in [6, 6.07) is 26.6. The van der Waals surface area contributed by atoms with Gasteiger partial charge >= 0.3 is 57.4 Å². The molecule has 0 fully saturated rings. The van der Waals surface area contributed by atoms with E-state index in [0.717, 1.165) is 40.6 Å². The number of halogens is 1. The maximum absolute atomic E-state index is 13.8. The minimum Gasteiger partial charge on any atom is -0.868 e. The van der Waals surface area contributed by atoms with Crippen molar-refractivity contribution in [2.24, 2.45) is 0 Å². The molecule has 0 radical (unpaired) electrons. The van der Waals surface area contributed by atoms with Gasteiger partial charge in [-0.2, -0.15) is 0 Å². The molecule has 0 bridgehead atoms. The summed E-state index contributed by atoms with van der Waals surface area (Å²) < 4.78 is 24.5. The molecule has 0 spiro atoms. The second-order valence-electron chi connectivity index (χ2n) is 10.2. The Morgan fingerprint density at radius 2 is 1.77 bits per heavy atom. The van der Waals surface area contributed by atoms with Gasteiger partial charge in [-0.15, -0.1) is 0 Å². The SMILES string of the molecule is CCOC(=O)C([O-])=Cc1ccc(CC2c3ccc(OCc4ccccc4)cc3CCN2c2ccc(F)cc2)cc1[N+](=O)[O-].[K+]. The second-order valence-corrected chi connectivity index (χ2v) is 10.2. The Labute approximate surface area is 297 Å². The number of esters is 1. The molecule has 10 heteroatoms. The number of carbonyl (C=O) groups is 1. The summed E-state index contributed by atoms with van der Waals surface area (Å²) >= 11 is 0. The van der Waals surface area contributed by atoms with Crippen molar-refractivity contribution < 1.29 is 80.1 Å². The minimum atomic E-state index is -1.07. The van der Waals surface area contributed by atoms with Crippen LogP contribution in [0.4, 0.5) is 15.8 Å². The molecule has 0 aliphatic carbocycles. The topological polar surface area (TPSA) is 105 Å². The second kappa shape index (κ2) is 15.4. The van der Waals surface area contributed by atoms with Gasteiger partial charge in [0.05, 0.1) is 23.1 Å². The summed E-state index contributed by atoms with van der Waals surface area (Å²) in [6.45, 7) is 2.68. The van der Waals surface area contributed by atoms with E-state index in [9.17, 15) is 24.4 Å². The smallest absolute Gasteiger partial charge is 0.868 e. The Kier molecular flexibility index (Phi) is 11.7. The first-order chi connectivity index (χ1) is 20.8. The molecule has 4 aromatic rings. The zero-order valence-electron chi connectivity index (χ0n) is 24.6. The van der Waals surface area contributed by atoms with Crippen LogP contribution < -0.4 is 66.1 Å². The molecule has 0 aromatic heterocycles. The average Bonchev–Trinajstić information content (AvgIpc) is 3.01. The molecule has 1 heterocycles. The van der Waals surface area contributed by atoms with Crippen LogP contribution in [-0.4, -0.2) is 24.0 Å². The van der Waals surface area contributed by atoms with Crippen molar-refractivity contribution in [1.29, 1.82) is 0 Å². The van der Waals surface area contributed by atoms with Gasteiger partial charge in [0.2, 0.25) is 0 Å². The zero-order valence-corrected chi connectivity index (χ0v) is 27.7. The van der Waals surface area contributed by atoms with Crippen molar-refractivity contribution in [2.45, 2.75) is 32.4 Å². The maximum Gasteiger partial charge on any atom is 1.00 e. The van der Waals surface area contributed by atoms with E-state index in [1.807, 2.05) is 48.5 Å². The molecule has 1 unspecified atom stereocenters. The van der Waals surface area contributed by atoms with Gasteiger partial charge in [-0.3, -0.25) is 10.1 Å². The molecule has 0 saturated carbocycles. The fourth-order valence-electron chi connectivity index (χ4n) is 5.30. The van der Waals surface area contributed by atoms with Crippen LogP contribution >= 0.6 is 0 Å². The first-order valence-electron chi connectivity index (χ1n) is 14.0. The Balaban J connectivity index is 0.00000442. The number of rotatable bonds is 10. The molecular formula is C34H30FKN2O6. The summed E-state index contributed by atoms with van der Waals surface area (Å²) in [5.74, 6) is -1.62. The maximum atomic E-state index is 13.8. The van der Waals surface area contributed by atoms with Crippen LogP contribution in [0.15, 0.2) is 96.8 Å². The van der Waals surface area contributed by atoms with E-state index in [0.29, 0.717) is 25.1 Å². The minimum absolute atomic E-state index is 0. The molecular weight excluding hydrogens is 590 g/mol. The van der Waals surface area contributed by atoms with Crippen molar-refractivity contribution in [1.82, 2.24) is 0 Å². The first kappa shape index (κ1) is 33.4. The third-order valence-electron chi connectivity index (χ3n) is 7.36. The summed E-state index contributed by atoms with van der Waals surface area (Å²) in [6.07, 6.45) is 2.06. The fraction of sp³-hybridized carbons (Fsp3) is 0.206. The zero-order chi connectivity index (χ0) is 30.3. The van der Waals surface area contributed by atoms with Gasteiger partial charge in [0.25, 0.3) is 5.69 Å². The van der Waals surface area contributed by atoms with Crippen molar-refractivity contribution in [3.8, 4) is 5.75 Å². The summed E-state index contributed by atoms with van der Waals surface area (Å²) in [5, 5.41) is 24.2. The number of hydrogen-bond donors (Lipinski definition) is 0. The van der Waals surface area contributed by atoms with E-state index in [2.05, 4.69) is 4.90 Å². The van der Waals surface area contributed by atoms with E-state index >= 15 is 0 Å². The molecule has 1 atom stereocenters. The van der Waals surface area contributed by atoms with Gasteiger partial charge in [0.15, 0.2) is 0 Å². The quantitative estimate of drug-likeness (QED) is 0.0671. The largest absolute Gasteiger partial charge is 1.00 e. The number of nitro benzene ring substituents is 1. The summed E-state index contributed by atoms with van der Waals surface area (Å²) in [7, 11) is 0. The molecule has 8 nitrogen and oxygen atoms in total. The predicted octanol–water partition coefficient (Wildman–Crippen LogP) is 2.93. The van der Waals surface area contributed by atoms with Crippen molar-refractivity contribution in [2.75, 3.05) is 18.1 Å². The van der Waals surface area contributed by atoms with Crippen LogP contribution in [0.1, 0.15) is 40.8 Å². The molecule has 1 aliphatic rings. The molecule has 5 rings (SSSR count). The van der Waals surface area contributed by atoms with Crippen LogP contribution in [0.3, 0.4) is 0 Å². The van der Waals surface area contributed by atoms with E-state index in [1.54, 1.807) is 25.1 Å². The number of anilines is 1. The number of carbonyl (C=O) groups excluding carboxylic acids is 1. The summed E-state index contributed by atoms with van der Waals surface area (Å²) in [5.41, 5.74) is 4.44. The monoisotopic (exact) mass is 620 g/mol. The van der Waals surface area contributed by atoms with Crippen molar-refractivity contribution in [3.63, 3.8) is 0 Å². The van der Waals surface area contributed by atoms with E-state index < -0.39 is 16.7 Å².